The van der Waals surface area contributed by atoms with Crippen LogP contribution in [-0.2, 0) is 12.8 Å². The van der Waals surface area contributed by atoms with Crippen molar-refractivity contribution in [3.63, 3.8) is 0 Å². The summed E-state index contributed by atoms with van der Waals surface area (Å²) in [5.41, 5.74) is 8.05. The predicted molar refractivity (Wildman–Crippen MR) is 128 cm³/mol. The van der Waals surface area contributed by atoms with E-state index in [1.807, 2.05) is 49.4 Å². The average Bonchev–Trinajstić information content (AvgIpc) is 3.25. The van der Waals surface area contributed by atoms with Gasteiger partial charge in [0, 0.05) is 35.1 Å². The van der Waals surface area contributed by atoms with Crippen LogP contribution in [0.25, 0.3) is 22.1 Å². The summed E-state index contributed by atoms with van der Waals surface area (Å²) in [5.74, 6) is 1.56. The Morgan fingerprint density at radius 3 is 2.59 bits per heavy atom. The molecule has 0 saturated heterocycles. The fraction of sp³-hybridized carbons (Fsp3) is 0.185. The van der Waals surface area contributed by atoms with Crippen LogP contribution >= 0.6 is 0 Å². The number of furan rings is 1. The van der Waals surface area contributed by atoms with Crippen LogP contribution in [-0.4, -0.2) is 18.7 Å². The van der Waals surface area contributed by atoms with Crippen molar-refractivity contribution in [3.8, 4) is 16.9 Å². The molecule has 1 aromatic heterocycles. The molecule has 0 fully saturated rings. The van der Waals surface area contributed by atoms with E-state index in [2.05, 4.69) is 35.7 Å². The van der Waals surface area contributed by atoms with Crippen LogP contribution in [0.1, 0.15) is 35.5 Å². The Hall–Kier alpha value is -3.86. The number of nitrogens with zero attached hydrogens (tertiary/aromatic N) is 1. The minimum absolute atomic E-state index is 0.222. The molecule has 5 nitrogen and oxygen atoms in total. The number of ether oxygens (including phenoxy) is 1. The van der Waals surface area contributed by atoms with Gasteiger partial charge in [0.2, 0.25) is 0 Å². The van der Waals surface area contributed by atoms with Gasteiger partial charge >= 0.3 is 0 Å². The summed E-state index contributed by atoms with van der Waals surface area (Å²) in [7, 11) is 1.68. The lowest BCUT2D eigenvalue weighted by atomic mass is 9.98. The second-order valence-corrected chi connectivity index (χ2v) is 7.68. The topological polar surface area (TPSA) is 63.8 Å². The summed E-state index contributed by atoms with van der Waals surface area (Å²) in [4.78, 5) is 12.2. The van der Waals surface area contributed by atoms with Crippen molar-refractivity contribution in [1.29, 1.82) is 0 Å². The zero-order valence-corrected chi connectivity index (χ0v) is 18.5. The smallest absolute Gasteiger partial charge is 0.271 e. The molecule has 0 aliphatic heterocycles. The van der Waals surface area contributed by atoms with Gasteiger partial charge in [-0.15, -0.1) is 0 Å². The third-order valence-corrected chi connectivity index (χ3v) is 5.33. The van der Waals surface area contributed by atoms with E-state index in [1.54, 1.807) is 19.2 Å². The van der Waals surface area contributed by atoms with Crippen LogP contribution < -0.4 is 10.2 Å². The van der Waals surface area contributed by atoms with Gasteiger partial charge in [0.1, 0.15) is 17.1 Å². The van der Waals surface area contributed by atoms with Crippen molar-refractivity contribution in [2.45, 2.75) is 26.7 Å². The molecule has 5 heteroatoms. The predicted octanol–water partition coefficient (Wildman–Crippen LogP) is 6.02. The Morgan fingerprint density at radius 1 is 1.03 bits per heavy atom. The number of aryl methyl sites for hydroxylation is 1. The van der Waals surface area contributed by atoms with Gasteiger partial charge in [0.25, 0.3) is 5.91 Å². The Labute approximate surface area is 187 Å². The molecule has 32 heavy (non-hydrogen) atoms. The van der Waals surface area contributed by atoms with Gasteiger partial charge in [0.05, 0.1) is 7.11 Å². The van der Waals surface area contributed by atoms with E-state index >= 15 is 0 Å². The van der Waals surface area contributed by atoms with Gasteiger partial charge in [-0.05, 0) is 60.5 Å². The van der Waals surface area contributed by atoms with E-state index in [-0.39, 0.29) is 5.91 Å². The summed E-state index contributed by atoms with van der Waals surface area (Å²) in [6.45, 7) is 3.98. The minimum Gasteiger partial charge on any atom is -0.496 e. The molecule has 0 aliphatic carbocycles. The molecule has 4 aromatic rings. The van der Waals surface area contributed by atoms with Crippen LogP contribution in [0.2, 0.25) is 0 Å². The third-order valence-electron chi connectivity index (χ3n) is 5.33. The first-order chi connectivity index (χ1) is 15.6. The lowest BCUT2D eigenvalue weighted by Crippen LogP contribution is -2.19. The number of nitrogens with one attached hydrogen (secondary N) is 1. The van der Waals surface area contributed by atoms with Crippen molar-refractivity contribution in [2.75, 3.05) is 7.11 Å². The summed E-state index contributed by atoms with van der Waals surface area (Å²) >= 11 is 0. The van der Waals surface area contributed by atoms with Crippen molar-refractivity contribution >= 4 is 22.6 Å². The quantitative estimate of drug-likeness (QED) is 0.290. The summed E-state index contributed by atoms with van der Waals surface area (Å²) in [6, 6.07) is 23.4. The zero-order valence-electron chi connectivity index (χ0n) is 18.5. The van der Waals surface area contributed by atoms with Gasteiger partial charge in [-0.3, -0.25) is 4.79 Å². The van der Waals surface area contributed by atoms with Crippen LogP contribution in [0.5, 0.6) is 5.75 Å². The Bertz CT molecular complexity index is 1270. The first kappa shape index (κ1) is 21.4. The second kappa shape index (κ2) is 9.52. The van der Waals surface area contributed by atoms with E-state index in [0.29, 0.717) is 12.0 Å². The third kappa shape index (κ3) is 4.72. The number of hydrogen-bond acceptors (Lipinski definition) is 4. The first-order valence-electron chi connectivity index (χ1n) is 10.7. The molecule has 0 spiro atoms. The van der Waals surface area contributed by atoms with Gasteiger partial charge in [0.15, 0.2) is 0 Å². The standard InChI is InChI=1S/C27H26N2O3/c1-4-23-17-22-16-21(11-13-25(22)32-23)24-15-19(10-12-26(24)31-3)14-18(2)28-29-27(30)20-8-6-5-7-9-20/h5-13,15-17H,4,14H2,1-3H3,(H,29,30). The van der Waals surface area contributed by atoms with E-state index in [0.717, 1.165) is 51.3 Å². The van der Waals surface area contributed by atoms with E-state index in [4.69, 9.17) is 9.15 Å². The van der Waals surface area contributed by atoms with Crippen LogP contribution in [0.3, 0.4) is 0 Å². The first-order valence-corrected chi connectivity index (χ1v) is 10.7. The lowest BCUT2D eigenvalue weighted by molar-refractivity contribution is 0.0954. The number of benzene rings is 3. The molecule has 0 unspecified atom stereocenters. The Balaban J connectivity index is 1.56. The number of amides is 1. The number of carbonyl (C=O) groups excluding carboxylic acids is 1. The van der Waals surface area contributed by atoms with E-state index in [9.17, 15) is 4.79 Å². The van der Waals surface area contributed by atoms with Gasteiger partial charge in [-0.2, -0.15) is 5.10 Å². The molecule has 4 rings (SSSR count). The Morgan fingerprint density at radius 2 is 1.84 bits per heavy atom. The van der Waals surface area contributed by atoms with Crippen molar-refractivity contribution in [3.05, 3.63) is 89.7 Å². The minimum atomic E-state index is -0.222. The number of carbonyl (C=O) groups is 1. The molecule has 0 aliphatic rings. The number of methoxy groups -OCH3 is 1. The summed E-state index contributed by atoms with van der Waals surface area (Å²) in [6.07, 6.45) is 1.47. The summed E-state index contributed by atoms with van der Waals surface area (Å²) < 4.78 is 11.5. The van der Waals surface area contributed by atoms with Gasteiger partial charge < -0.3 is 9.15 Å². The molecule has 0 saturated carbocycles. The van der Waals surface area contributed by atoms with Crippen molar-refractivity contribution in [2.24, 2.45) is 5.10 Å². The molecule has 1 amide bonds. The van der Waals surface area contributed by atoms with Crippen molar-refractivity contribution in [1.82, 2.24) is 5.43 Å². The molecule has 0 atom stereocenters. The average molecular weight is 427 g/mol. The van der Waals surface area contributed by atoms with Crippen molar-refractivity contribution < 1.29 is 13.9 Å². The molecule has 0 radical (unpaired) electrons. The fourth-order valence-electron chi connectivity index (χ4n) is 3.67. The highest BCUT2D eigenvalue weighted by molar-refractivity contribution is 5.95. The molecular weight excluding hydrogens is 400 g/mol. The number of rotatable bonds is 7. The van der Waals surface area contributed by atoms with Gasteiger partial charge in [-0.1, -0.05) is 37.3 Å². The largest absolute Gasteiger partial charge is 0.496 e. The van der Waals surface area contributed by atoms with E-state index in [1.165, 1.54) is 0 Å². The van der Waals surface area contributed by atoms with E-state index < -0.39 is 0 Å². The van der Waals surface area contributed by atoms with Crippen LogP contribution in [0, 0.1) is 0 Å². The monoisotopic (exact) mass is 426 g/mol. The maximum Gasteiger partial charge on any atom is 0.271 e. The zero-order chi connectivity index (χ0) is 22.5. The normalized spacial score (nSPS) is 11.5. The highest BCUT2D eigenvalue weighted by atomic mass is 16.5. The molecular formula is C27H26N2O3. The maximum absolute atomic E-state index is 12.2. The molecule has 0 bridgehead atoms. The number of hydrogen-bond donors (Lipinski definition) is 1. The molecule has 3 aromatic carbocycles. The van der Waals surface area contributed by atoms with Crippen LogP contribution in [0.15, 0.2) is 82.3 Å². The Kier molecular flexibility index (Phi) is 6.36. The molecule has 162 valence electrons. The lowest BCUT2D eigenvalue weighted by Gasteiger charge is -2.11. The number of fused-ring (bicyclic) bond motifs is 1. The highest BCUT2D eigenvalue weighted by Gasteiger charge is 2.11. The molecule has 1 N–H and O–H groups in total. The van der Waals surface area contributed by atoms with Gasteiger partial charge in [-0.25, -0.2) is 5.43 Å². The summed E-state index contributed by atoms with van der Waals surface area (Å²) in [5, 5.41) is 5.34. The second-order valence-electron chi connectivity index (χ2n) is 7.68. The van der Waals surface area contributed by atoms with Crippen LogP contribution in [0.4, 0.5) is 0 Å². The maximum atomic E-state index is 12.2. The SMILES string of the molecule is CCc1cc2cc(-c3cc(CC(C)=NNC(=O)c4ccccc4)ccc3OC)ccc2o1. The highest BCUT2D eigenvalue weighted by Crippen LogP contribution is 2.34. The fourth-order valence-corrected chi connectivity index (χ4v) is 3.67. The number of hydrazone groups is 1. The molecule has 1 heterocycles.